The molecule has 2 aromatic heterocycles. The predicted molar refractivity (Wildman–Crippen MR) is 123 cm³/mol. The molecule has 0 saturated carbocycles. The lowest BCUT2D eigenvalue weighted by Crippen LogP contribution is -2.22. The molecule has 8 heteroatoms. The third kappa shape index (κ3) is 3.29. The quantitative estimate of drug-likeness (QED) is 0.336. The molecule has 1 amide bonds. The molecule has 0 radical (unpaired) electrons. The fraction of sp³-hybridized carbons (Fsp3) is 0.0476. The summed E-state index contributed by atoms with van der Waals surface area (Å²) in [4.78, 5) is 19.3. The van der Waals surface area contributed by atoms with Crippen molar-refractivity contribution in [3.8, 4) is 16.4 Å². The number of benzene rings is 2. The Hall–Kier alpha value is -2.81. The van der Waals surface area contributed by atoms with E-state index in [0.29, 0.717) is 9.23 Å². The van der Waals surface area contributed by atoms with Crippen LogP contribution in [0.15, 0.2) is 65.7 Å². The molecule has 0 spiro atoms. The minimum atomic E-state index is -0.0947. The van der Waals surface area contributed by atoms with Crippen molar-refractivity contribution in [2.75, 3.05) is 7.05 Å². The monoisotopic (exact) mass is 434 g/mol. The number of aromatic nitrogens is 3. The van der Waals surface area contributed by atoms with Crippen LogP contribution in [-0.2, 0) is 4.79 Å². The van der Waals surface area contributed by atoms with Gasteiger partial charge in [0.1, 0.15) is 15.0 Å². The van der Waals surface area contributed by atoms with Gasteiger partial charge < -0.3 is 0 Å². The Morgan fingerprint density at radius 3 is 2.55 bits per heavy atom. The van der Waals surface area contributed by atoms with Crippen LogP contribution in [0.5, 0.6) is 0 Å². The zero-order valence-electron chi connectivity index (χ0n) is 15.3. The number of thiazole rings is 1. The SMILES string of the molecule is CN1C(=O)/C(=C/c2cn(-c3ccccc3)nc2-c2nc3ccccc3s2)SC1=S. The van der Waals surface area contributed by atoms with Gasteiger partial charge in [-0.15, -0.1) is 11.3 Å². The fourth-order valence-electron chi connectivity index (χ4n) is 3.03. The molecular formula is C21H14N4OS3. The van der Waals surface area contributed by atoms with Gasteiger partial charge in [-0.05, 0) is 30.3 Å². The molecule has 2 aromatic carbocycles. The highest BCUT2D eigenvalue weighted by atomic mass is 32.2. The maximum Gasteiger partial charge on any atom is 0.265 e. The summed E-state index contributed by atoms with van der Waals surface area (Å²) in [6, 6.07) is 17.9. The summed E-state index contributed by atoms with van der Waals surface area (Å²) in [6.45, 7) is 0. The number of amides is 1. The molecule has 1 aliphatic heterocycles. The first-order valence-electron chi connectivity index (χ1n) is 8.83. The van der Waals surface area contributed by atoms with Crippen molar-refractivity contribution in [2.45, 2.75) is 0 Å². The van der Waals surface area contributed by atoms with Crippen LogP contribution < -0.4 is 0 Å². The van der Waals surface area contributed by atoms with Crippen molar-refractivity contribution in [1.29, 1.82) is 0 Å². The number of thiocarbonyl (C=S) groups is 1. The topological polar surface area (TPSA) is 51.0 Å². The summed E-state index contributed by atoms with van der Waals surface area (Å²) in [5, 5.41) is 5.62. The average molecular weight is 435 g/mol. The van der Waals surface area contributed by atoms with E-state index in [4.69, 9.17) is 22.3 Å². The first-order chi connectivity index (χ1) is 14.1. The average Bonchev–Trinajstić information content (AvgIpc) is 3.42. The van der Waals surface area contributed by atoms with Gasteiger partial charge in [0.25, 0.3) is 5.91 Å². The molecule has 5 nitrogen and oxygen atoms in total. The highest BCUT2D eigenvalue weighted by Crippen LogP contribution is 2.36. The number of carbonyl (C=O) groups is 1. The van der Waals surface area contributed by atoms with Gasteiger partial charge in [-0.3, -0.25) is 9.69 Å². The van der Waals surface area contributed by atoms with Gasteiger partial charge in [-0.25, -0.2) is 9.67 Å². The number of para-hydroxylation sites is 2. The number of hydrogen-bond donors (Lipinski definition) is 0. The molecule has 0 bridgehead atoms. The second-order valence-electron chi connectivity index (χ2n) is 6.44. The minimum Gasteiger partial charge on any atom is -0.296 e. The van der Waals surface area contributed by atoms with Crippen molar-refractivity contribution >= 4 is 61.8 Å². The number of nitrogens with zero attached hydrogens (tertiary/aromatic N) is 4. The number of hydrogen-bond acceptors (Lipinski definition) is 6. The molecule has 3 heterocycles. The molecule has 5 rings (SSSR count). The van der Waals surface area contributed by atoms with Crippen LogP contribution in [0, 0.1) is 0 Å². The van der Waals surface area contributed by atoms with Gasteiger partial charge in [0.05, 0.1) is 20.8 Å². The predicted octanol–water partition coefficient (Wildman–Crippen LogP) is 4.98. The third-order valence-corrected chi connectivity index (χ3v) is 7.06. The molecule has 0 N–H and O–H groups in total. The van der Waals surface area contributed by atoms with E-state index in [1.165, 1.54) is 16.7 Å². The smallest absolute Gasteiger partial charge is 0.265 e. The first-order valence-corrected chi connectivity index (χ1v) is 10.9. The van der Waals surface area contributed by atoms with Crippen molar-refractivity contribution < 1.29 is 4.79 Å². The van der Waals surface area contributed by atoms with E-state index in [-0.39, 0.29) is 5.91 Å². The Bertz CT molecular complexity index is 1260. The van der Waals surface area contributed by atoms with Gasteiger partial charge in [0, 0.05) is 18.8 Å². The molecule has 1 aliphatic rings. The van der Waals surface area contributed by atoms with E-state index in [9.17, 15) is 4.79 Å². The highest BCUT2D eigenvalue weighted by molar-refractivity contribution is 8.26. The van der Waals surface area contributed by atoms with Crippen LogP contribution in [0.25, 0.3) is 32.7 Å². The van der Waals surface area contributed by atoms with Crippen LogP contribution >= 0.6 is 35.3 Å². The fourth-order valence-corrected chi connectivity index (χ4v) is 5.18. The van der Waals surface area contributed by atoms with E-state index in [1.54, 1.807) is 18.4 Å². The van der Waals surface area contributed by atoms with Gasteiger partial charge in [-0.2, -0.15) is 5.10 Å². The lowest BCUT2D eigenvalue weighted by atomic mass is 10.2. The molecule has 0 atom stereocenters. The normalized spacial score (nSPS) is 15.8. The minimum absolute atomic E-state index is 0.0947. The molecular weight excluding hydrogens is 420 g/mol. The van der Waals surface area contributed by atoms with E-state index >= 15 is 0 Å². The van der Waals surface area contributed by atoms with Gasteiger partial charge >= 0.3 is 0 Å². The molecule has 4 aromatic rings. The summed E-state index contributed by atoms with van der Waals surface area (Å²) in [5.74, 6) is -0.0947. The number of thioether (sulfide) groups is 1. The summed E-state index contributed by atoms with van der Waals surface area (Å²) in [5.41, 5.74) is 3.46. The second-order valence-corrected chi connectivity index (χ2v) is 9.15. The van der Waals surface area contributed by atoms with Crippen molar-refractivity contribution in [2.24, 2.45) is 0 Å². The van der Waals surface area contributed by atoms with Gasteiger partial charge in [0.15, 0.2) is 0 Å². The van der Waals surface area contributed by atoms with E-state index in [0.717, 1.165) is 32.2 Å². The lowest BCUT2D eigenvalue weighted by molar-refractivity contribution is -0.121. The maximum atomic E-state index is 12.5. The number of fused-ring (bicyclic) bond motifs is 1. The largest absolute Gasteiger partial charge is 0.296 e. The summed E-state index contributed by atoms with van der Waals surface area (Å²) in [6.07, 6.45) is 3.79. The standard InChI is InChI=1S/C21H14N4OS3/c1-24-20(26)17(29-21(24)27)11-13-12-25(14-7-3-2-4-8-14)23-18(13)19-22-15-9-5-6-10-16(15)28-19/h2-12H,1H3/b17-11-. The van der Waals surface area contributed by atoms with Crippen molar-refractivity contribution in [3.05, 3.63) is 71.3 Å². The summed E-state index contributed by atoms with van der Waals surface area (Å²) >= 11 is 8.15. The van der Waals surface area contributed by atoms with E-state index in [1.807, 2.05) is 71.6 Å². The van der Waals surface area contributed by atoms with Crippen LogP contribution in [0.4, 0.5) is 0 Å². The summed E-state index contributed by atoms with van der Waals surface area (Å²) < 4.78 is 3.47. The first kappa shape index (κ1) is 18.2. The van der Waals surface area contributed by atoms with Crippen molar-refractivity contribution in [3.63, 3.8) is 0 Å². The van der Waals surface area contributed by atoms with E-state index < -0.39 is 0 Å². The molecule has 0 unspecified atom stereocenters. The number of carbonyl (C=O) groups excluding carboxylic acids is 1. The molecule has 0 aliphatic carbocycles. The molecule has 1 fully saturated rings. The Balaban J connectivity index is 1.67. The Morgan fingerprint density at radius 1 is 1.07 bits per heavy atom. The second kappa shape index (κ2) is 7.22. The Morgan fingerprint density at radius 2 is 1.83 bits per heavy atom. The van der Waals surface area contributed by atoms with Gasteiger partial charge in [0.2, 0.25) is 0 Å². The number of rotatable bonds is 3. The molecule has 29 heavy (non-hydrogen) atoms. The molecule has 142 valence electrons. The molecule has 1 saturated heterocycles. The van der Waals surface area contributed by atoms with Crippen LogP contribution in [0.2, 0.25) is 0 Å². The zero-order valence-corrected chi connectivity index (χ0v) is 17.7. The van der Waals surface area contributed by atoms with Crippen LogP contribution in [-0.4, -0.2) is 36.9 Å². The Labute approximate surface area is 180 Å². The van der Waals surface area contributed by atoms with E-state index in [2.05, 4.69) is 0 Å². The zero-order chi connectivity index (χ0) is 20.0. The van der Waals surface area contributed by atoms with Crippen LogP contribution in [0.3, 0.4) is 0 Å². The number of likely N-dealkylation sites (N-methyl/N-ethyl adjacent to an activating group) is 1. The third-order valence-electron chi connectivity index (χ3n) is 4.53. The highest BCUT2D eigenvalue weighted by Gasteiger charge is 2.29. The van der Waals surface area contributed by atoms with Gasteiger partial charge in [-0.1, -0.05) is 54.3 Å². The Kier molecular flexibility index (Phi) is 4.54. The maximum absolute atomic E-state index is 12.5. The van der Waals surface area contributed by atoms with Crippen molar-refractivity contribution in [1.82, 2.24) is 19.7 Å². The van der Waals surface area contributed by atoms with Crippen LogP contribution in [0.1, 0.15) is 5.56 Å². The lowest BCUT2D eigenvalue weighted by Gasteiger charge is -2.03. The summed E-state index contributed by atoms with van der Waals surface area (Å²) in [7, 11) is 1.69.